The Morgan fingerprint density at radius 3 is 2.33 bits per heavy atom. The van der Waals surface area contributed by atoms with E-state index < -0.39 is 35.9 Å². The molecule has 1 amide bonds. The summed E-state index contributed by atoms with van der Waals surface area (Å²) in [7, 11) is 0. The molecule has 0 saturated carbocycles. The molecule has 0 bridgehead atoms. The van der Waals surface area contributed by atoms with Gasteiger partial charge in [-0.05, 0) is 26.3 Å². The van der Waals surface area contributed by atoms with Crippen molar-refractivity contribution in [3.8, 4) is 0 Å². The van der Waals surface area contributed by atoms with Gasteiger partial charge in [-0.25, -0.2) is 0 Å². The number of alkyl halides is 3. The van der Waals surface area contributed by atoms with Gasteiger partial charge in [0.1, 0.15) is 5.78 Å². The number of Topliss-reactive ketones (excluding diaryl/α,β-unsaturated/α-hetero) is 1. The van der Waals surface area contributed by atoms with Gasteiger partial charge in [-0.2, -0.15) is 13.2 Å². The first-order valence-electron chi connectivity index (χ1n) is 5.78. The number of nitrogens with two attached hydrogens (primary N) is 1. The molecule has 1 heterocycles. The van der Waals surface area contributed by atoms with Crippen LogP contribution in [0.1, 0.15) is 26.7 Å². The molecule has 0 aliphatic carbocycles. The Morgan fingerprint density at radius 1 is 1.39 bits per heavy atom. The predicted molar refractivity (Wildman–Crippen MR) is 58.6 cm³/mol. The van der Waals surface area contributed by atoms with Crippen LogP contribution in [-0.4, -0.2) is 41.4 Å². The van der Waals surface area contributed by atoms with Crippen LogP contribution in [-0.2, 0) is 9.59 Å². The highest BCUT2D eigenvalue weighted by Crippen LogP contribution is 2.34. The maximum absolute atomic E-state index is 12.7. The monoisotopic (exact) mass is 266 g/mol. The summed E-state index contributed by atoms with van der Waals surface area (Å²) in [5, 5.41) is 0. The van der Waals surface area contributed by atoms with Gasteiger partial charge in [0.2, 0.25) is 5.91 Å². The van der Waals surface area contributed by atoms with Crippen LogP contribution in [0.25, 0.3) is 0 Å². The van der Waals surface area contributed by atoms with E-state index in [9.17, 15) is 22.8 Å². The van der Waals surface area contributed by atoms with Crippen molar-refractivity contribution in [2.24, 2.45) is 11.7 Å². The SMILES string of the molecule is CC(=O)C(C(C)C(F)(F)F)N1CCCC1C(N)=O. The van der Waals surface area contributed by atoms with Crippen molar-refractivity contribution >= 4 is 11.7 Å². The number of nitrogens with zero attached hydrogens (tertiary/aromatic N) is 1. The second-order valence-electron chi connectivity index (χ2n) is 4.68. The molecule has 0 aromatic carbocycles. The van der Waals surface area contributed by atoms with E-state index in [0.717, 1.165) is 13.8 Å². The Morgan fingerprint density at radius 2 is 1.94 bits per heavy atom. The van der Waals surface area contributed by atoms with Crippen LogP contribution in [0.4, 0.5) is 13.2 Å². The molecule has 3 atom stereocenters. The molecule has 1 aliphatic heterocycles. The zero-order valence-electron chi connectivity index (χ0n) is 10.3. The van der Waals surface area contributed by atoms with E-state index in [2.05, 4.69) is 0 Å². The van der Waals surface area contributed by atoms with E-state index in [0.29, 0.717) is 12.8 Å². The van der Waals surface area contributed by atoms with Crippen molar-refractivity contribution < 1.29 is 22.8 Å². The van der Waals surface area contributed by atoms with E-state index in [1.807, 2.05) is 0 Å². The second kappa shape index (κ2) is 5.26. The molecule has 1 fully saturated rings. The van der Waals surface area contributed by atoms with E-state index in [4.69, 9.17) is 5.73 Å². The highest BCUT2D eigenvalue weighted by molar-refractivity contribution is 5.85. The van der Waals surface area contributed by atoms with Crippen LogP contribution in [0.15, 0.2) is 0 Å². The maximum atomic E-state index is 12.7. The molecule has 0 spiro atoms. The lowest BCUT2D eigenvalue weighted by molar-refractivity contribution is -0.189. The minimum Gasteiger partial charge on any atom is -0.368 e. The summed E-state index contributed by atoms with van der Waals surface area (Å²) >= 11 is 0. The molecule has 0 aromatic heterocycles. The number of carbonyl (C=O) groups excluding carboxylic acids is 2. The van der Waals surface area contributed by atoms with Crippen LogP contribution in [0, 0.1) is 5.92 Å². The van der Waals surface area contributed by atoms with Crippen LogP contribution >= 0.6 is 0 Å². The Labute approximate surface area is 103 Å². The van der Waals surface area contributed by atoms with Gasteiger partial charge in [0.05, 0.1) is 18.0 Å². The number of rotatable bonds is 4. The van der Waals surface area contributed by atoms with Gasteiger partial charge in [-0.1, -0.05) is 6.92 Å². The summed E-state index contributed by atoms with van der Waals surface area (Å²) in [6, 6.07) is -2.10. The van der Waals surface area contributed by atoms with Gasteiger partial charge in [0.15, 0.2) is 0 Å². The third kappa shape index (κ3) is 3.01. The van der Waals surface area contributed by atoms with Gasteiger partial charge in [0.25, 0.3) is 0 Å². The lowest BCUT2D eigenvalue weighted by atomic mass is 9.95. The molecule has 2 N–H and O–H groups in total. The zero-order chi connectivity index (χ0) is 14.1. The number of likely N-dealkylation sites (tertiary alicyclic amines) is 1. The van der Waals surface area contributed by atoms with Crippen LogP contribution < -0.4 is 5.73 Å². The molecule has 18 heavy (non-hydrogen) atoms. The van der Waals surface area contributed by atoms with Crippen molar-refractivity contribution in [3.05, 3.63) is 0 Å². The molecule has 0 aromatic rings. The normalized spacial score (nSPS) is 24.8. The molecule has 1 rings (SSSR count). The Kier molecular flexibility index (Phi) is 4.37. The maximum Gasteiger partial charge on any atom is 0.393 e. The van der Waals surface area contributed by atoms with Crippen molar-refractivity contribution in [1.29, 1.82) is 0 Å². The zero-order valence-corrected chi connectivity index (χ0v) is 10.3. The number of hydrogen-bond acceptors (Lipinski definition) is 3. The summed E-state index contributed by atoms with van der Waals surface area (Å²) in [6.07, 6.45) is -3.49. The third-order valence-corrected chi connectivity index (χ3v) is 3.39. The largest absolute Gasteiger partial charge is 0.393 e. The number of halogens is 3. The minimum atomic E-state index is -4.47. The molecule has 1 saturated heterocycles. The first kappa shape index (κ1) is 14.9. The molecular formula is C11H17F3N2O2. The lowest BCUT2D eigenvalue weighted by Crippen LogP contribution is -2.54. The smallest absolute Gasteiger partial charge is 0.368 e. The molecule has 1 aliphatic rings. The Hall–Kier alpha value is -1.11. The van der Waals surface area contributed by atoms with Crippen LogP contribution in [0.2, 0.25) is 0 Å². The van der Waals surface area contributed by atoms with E-state index >= 15 is 0 Å². The average molecular weight is 266 g/mol. The molecule has 104 valence electrons. The van der Waals surface area contributed by atoms with Gasteiger partial charge in [-0.15, -0.1) is 0 Å². The summed E-state index contributed by atoms with van der Waals surface area (Å²) < 4.78 is 38.2. The predicted octanol–water partition coefficient (Wildman–Crippen LogP) is 1.09. The number of primary amides is 1. The summed E-state index contributed by atoms with van der Waals surface area (Å²) in [5.74, 6) is -3.07. The van der Waals surface area contributed by atoms with Crippen molar-refractivity contribution in [2.75, 3.05) is 6.54 Å². The number of amides is 1. The minimum absolute atomic E-state index is 0.290. The van der Waals surface area contributed by atoms with Crippen molar-refractivity contribution in [3.63, 3.8) is 0 Å². The molecule has 4 nitrogen and oxygen atoms in total. The molecule has 7 heteroatoms. The second-order valence-corrected chi connectivity index (χ2v) is 4.68. The van der Waals surface area contributed by atoms with Crippen molar-refractivity contribution in [1.82, 2.24) is 4.90 Å². The number of ketones is 1. The highest BCUT2D eigenvalue weighted by atomic mass is 19.4. The van der Waals surface area contributed by atoms with E-state index in [1.165, 1.54) is 4.90 Å². The Bertz CT molecular complexity index is 344. The average Bonchev–Trinajstić information content (AvgIpc) is 2.64. The molecule has 3 unspecified atom stereocenters. The van der Waals surface area contributed by atoms with Crippen molar-refractivity contribution in [2.45, 2.75) is 44.9 Å². The molecule has 0 radical (unpaired) electrons. The van der Waals surface area contributed by atoms with Gasteiger partial charge in [0, 0.05) is 0 Å². The quantitative estimate of drug-likeness (QED) is 0.828. The van der Waals surface area contributed by atoms with E-state index in [-0.39, 0.29) is 6.54 Å². The number of carbonyl (C=O) groups is 2. The van der Waals surface area contributed by atoms with Crippen LogP contribution in [0.5, 0.6) is 0 Å². The summed E-state index contributed by atoms with van der Waals surface area (Å²) in [5.41, 5.74) is 5.16. The van der Waals surface area contributed by atoms with Gasteiger partial charge in [-0.3, -0.25) is 14.5 Å². The standard InChI is InChI=1S/C11H17F3N2O2/c1-6(11(12,13)14)9(7(2)17)16-5-3-4-8(16)10(15)18/h6,8-9H,3-5H2,1-2H3,(H2,15,18). The lowest BCUT2D eigenvalue weighted by Gasteiger charge is -2.34. The summed E-state index contributed by atoms with van der Waals surface area (Å²) in [4.78, 5) is 24.0. The first-order valence-corrected chi connectivity index (χ1v) is 5.78. The van der Waals surface area contributed by atoms with Gasteiger partial charge >= 0.3 is 6.18 Å². The van der Waals surface area contributed by atoms with Gasteiger partial charge < -0.3 is 5.73 Å². The topological polar surface area (TPSA) is 63.4 Å². The summed E-state index contributed by atoms with van der Waals surface area (Å²) in [6.45, 7) is 2.37. The first-order chi connectivity index (χ1) is 8.16. The third-order valence-electron chi connectivity index (χ3n) is 3.39. The fourth-order valence-corrected chi connectivity index (χ4v) is 2.48. The highest BCUT2D eigenvalue weighted by Gasteiger charge is 2.48. The Balaban J connectivity index is 2.99. The van der Waals surface area contributed by atoms with Crippen LogP contribution in [0.3, 0.4) is 0 Å². The van der Waals surface area contributed by atoms with E-state index in [1.54, 1.807) is 0 Å². The molecular weight excluding hydrogens is 249 g/mol. The number of hydrogen-bond donors (Lipinski definition) is 1. The fourth-order valence-electron chi connectivity index (χ4n) is 2.48. The fraction of sp³-hybridized carbons (Fsp3) is 0.818.